The van der Waals surface area contributed by atoms with Crippen molar-refractivity contribution in [1.82, 2.24) is 4.98 Å². The maximum Gasteiger partial charge on any atom is 0.237 e. The van der Waals surface area contributed by atoms with Gasteiger partial charge in [0.25, 0.3) is 0 Å². The minimum atomic E-state index is -0.506. The number of pyridine rings is 1. The third kappa shape index (κ3) is 2.91. The second kappa shape index (κ2) is 5.37. The molecule has 0 saturated carbocycles. The quantitative estimate of drug-likeness (QED) is 0.830. The zero-order chi connectivity index (χ0) is 14.0. The molecule has 5 heteroatoms. The Morgan fingerprint density at radius 3 is 2.74 bits per heavy atom. The summed E-state index contributed by atoms with van der Waals surface area (Å²) < 4.78 is 19.8. The summed E-state index contributed by atoms with van der Waals surface area (Å²) in [6.45, 7) is 3.58. The Kier molecular flexibility index (Phi) is 3.82. The van der Waals surface area contributed by atoms with Crippen LogP contribution in [0.25, 0.3) is 0 Å². The highest BCUT2D eigenvalue weighted by Crippen LogP contribution is 2.29. The number of aryl methyl sites for hydroxylation is 2. The van der Waals surface area contributed by atoms with E-state index in [1.807, 2.05) is 6.07 Å². The van der Waals surface area contributed by atoms with E-state index in [1.54, 1.807) is 26.0 Å². The van der Waals surface area contributed by atoms with E-state index in [-0.39, 0.29) is 11.6 Å². The topological polar surface area (TPSA) is 45.9 Å². The zero-order valence-corrected chi connectivity index (χ0v) is 12.0. The van der Waals surface area contributed by atoms with E-state index in [0.29, 0.717) is 15.7 Å². The highest BCUT2D eigenvalue weighted by molar-refractivity contribution is 9.10. The van der Waals surface area contributed by atoms with E-state index >= 15 is 0 Å². The number of benzene rings is 1. The van der Waals surface area contributed by atoms with Crippen LogP contribution in [0.3, 0.4) is 0 Å². The van der Waals surface area contributed by atoms with E-state index in [2.05, 4.69) is 20.9 Å². The summed E-state index contributed by atoms with van der Waals surface area (Å²) >= 11 is 3.24. The molecule has 2 rings (SSSR count). The molecule has 0 spiro atoms. The van der Waals surface area contributed by atoms with Gasteiger partial charge in [-0.2, -0.15) is 5.26 Å². The van der Waals surface area contributed by atoms with Crippen molar-refractivity contribution < 1.29 is 9.13 Å². The van der Waals surface area contributed by atoms with Gasteiger partial charge in [0.2, 0.25) is 5.88 Å². The van der Waals surface area contributed by atoms with Crippen LogP contribution in [0, 0.1) is 31.0 Å². The molecule has 1 aromatic carbocycles. The molecule has 1 aromatic heterocycles. The first-order valence-corrected chi connectivity index (χ1v) is 6.32. The Labute approximate surface area is 118 Å². The Bertz CT molecular complexity index is 680. The molecule has 1 heterocycles. The molecule has 19 heavy (non-hydrogen) atoms. The highest BCUT2D eigenvalue weighted by Gasteiger charge is 2.13. The van der Waals surface area contributed by atoms with Gasteiger partial charge in [0.1, 0.15) is 11.6 Å². The van der Waals surface area contributed by atoms with Crippen LogP contribution in [0.4, 0.5) is 4.39 Å². The number of ether oxygens (including phenoxy) is 1. The number of rotatable bonds is 2. The Morgan fingerprint density at radius 1 is 1.32 bits per heavy atom. The minimum Gasteiger partial charge on any atom is -0.435 e. The van der Waals surface area contributed by atoms with Gasteiger partial charge in [0.15, 0.2) is 11.6 Å². The lowest BCUT2D eigenvalue weighted by Crippen LogP contribution is -1.98. The highest BCUT2D eigenvalue weighted by atomic mass is 79.9. The molecule has 0 bridgehead atoms. The zero-order valence-electron chi connectivity index (χ0n) is 10.4. The predicted octanol–water partition coefficient (Wildman–Crippen LogP) is 4.26. The van der Waals surface area contributed by atoms with Crippen molar-refractivity contribution in [2.45, 2.75) is 13.8 Å². The Morgan fingerprint density at radius 2 is 2.05 bits per heavy atom. The lowest BCUT2D eigenvalue weighted by Gasteiger charge is -2.10. The third-order valence-electron chi connectivity index (χ3n) is 2.52. The molecule has 0 amide bonds. The molecular formula is C14H10BrFN2O. The molecule has 0 aliphatic heterocycles. The van der Waals surface area contributed by atoms with Crippen LogP contribution >= 0.6 is 15.9 Å². The van der Waals surface area contributed by atoms with Crippen molar-refractivity contribution >= 4 is 15.9 Å². The van der Waals surface area contributed by atoms with Crippen LogP contribution in [-0.2, 0) is 0 Å². The van der Waals surface area contributed by atoms with Crippen LogP contribution < -0.4 is 4.74 Å². The molecule has 0 aliphatic carbocycles. The lowest BCUT2D eigenvalue weighted by molar-refractivity contribution is 0.424. The van der Waals surface area contributed by atoms with E-state index < -0.39 is 5.82 Å². The van der Waals surface area contributed by atoms with Crippen LogP contribution in [0.15, 0.2) is 28.7 Å². The average molecular weight is 321 g/mol. The first kappa shape index (κ1) is 13.5. The molecule has 2 aromatic rings. The summed E-state index contributed by atoms with van der Waals surface area (Å²) in [6, 6.07) is 8.16. The third-order valence-corrected chi connectivity index (χ3v) is 3.02. The molecule has 96 valence electrons. The van der Waals surface area contributed by atoms with Crippen molar-refractivity contribution in [3.63, 3.8) is 0 Å². The van der Waals surface area contributed by atoms with E-state index in [4.69, 9.17) is 10.00 Å². The summed E-state index contributed by atoms with van der Waals surface area (Å²) in [4.78, 5) is 4.14. The number of nitrogens with zero attached hydrogens (tertiary/aromatic N) is 2. The largest absolute Gasteiger partial charge is 0.435 e. The number of hydrogen-bond donors (Lipinski definition) is 0. The Balaban J connectivity index is 2.49. The van der Waals surface area contributed by atoms with Crippen molar-refractivity contribution in [1.29, 1.82) is 5.26 Å². The second-order valence-electron chi connectivity index (χ2n) is 4.05. The van der Waals surface area contributed by atoms with E-state index in [9.17, 15) is 4.39 Å². The number of halogens is 2. The first-order valence-electron chi connectivity index (χ1n) is 5.52. The fourth-order valence-corrected chi connectivity index (χ4v) is 2.01. The van der Waals surface area contributed by atoms with Crippen LogP contribution in [0.1, 0.15) is 16.8 Å². The van der Waals surface area contributed by atoms with E-state index in [0.717, 1.165) is 5.56 Å². The fraction of sp³-hybridized carbons (Fsp3) is 0.143. The number of hydrogen-bond acceptors (Lipinski definition) is 3. The maximum atomic E-state index is 13.6. The second-order valence-corrected chi connectivity index (χ2v) is 4.96. The summed E-state index contributed by atoms with van der Waals surface area (Å²) in [7, 11) is 0. The molecule has 0 saturated heterocycles. The summed E-state index contributed by atoms with van der Waals surface area (Å²) in [5, 5.41) is 9.12. The predicted molar refractivity (Wildman–Crippen MR) is 72.6 cm³/mol. The van der Waals surface area contributed by atoms with Gasteiger partial charge >= 0.3 is 0 Å². The van der Waals surface area contributed by atoms with Gasteiger partial charge in [-0.05, 0) is 43.7 Å². The van der Waals surface area contributed by atoms with Crippen LogP contribution in [0.2, 0.25) is 0 Å². The minimum absolute atomic E-state index is 0.0309. The smallest absolute Gasteiger partial charge is 0.237 e. The van der Waals surface area contributed by atoms with Gasteiger partial charge in [-0.1, -0.05) is 15.9 Å². The molecule has 0 aliphatic rings. The van der Waals surface area contributed by atoms with Gasteiger partial charge in [-0.15, -0.1) is 0 Å². The summed E-state index contributed by atoms with van der Waals surface area (Å²) in [5.74, 6) is -0.353. The van der Waals surface area contributed by atoms with Gasteiger partial charge < -0.3 is 4.74 Å². The Hall–Kier alpha value is -1.93. The van der Waals surface area contributed by atoms with Gasteiger partial charge in [-0.3, -0.25) is 0 Å². The van der Waals surface area contributed by atoms with Crippen molar-refractivity contribution in [3.05, 3.63) is 51.4 Å². The normalized spacial score (nSPS) is 10.1. The molecule has 0 atom stereocenters. The number of nitriles is 1. The molecule has 0 radical (unpaired) electrons. The average Bonchev–Trinajstić information content (AvgIpc) is 2.33. The van der Waals surface area contributed by atoms with Gasteiger partial charge in [-0.25, -0.2) is 9.37 Å². The molecule has 0 N–H and O–H groups in total. The van der Waals surface area contributed by atoms with Crippen LogP contribution in [0.5, 0.6) is 11.6 Å². The molecule has 3 nitrogen and oxygen atoms in total. The van der Waals surface area contributed by atoms with Gasteiger partial charge in [0, 0.05) is 10.2 Å². The van der Waals surface area contributed by atoms with Crippen molar-refractivity contribution in [2.24, 2.45) is 0 Å². The van der Waals surface area contributed by atoms with Crippen molar-refractivity contribution in [3.8, 4) is 17.7 Å². The SMILES string of the molecule is Cc1cc(C)c(C#N)c(Oc2cc(Br)ccc2F)n1. The number of aromatic nitrogens is 1. The lowest BCUT2D eigenvalue weighted by atomic mass is 10.1. The standard InChI is InChI=1S/C14H10BrFN2O/c1-8-5-9(2)18-14(11(8)7-17)19-13-6-10(15)3-4-12(13)16/h3-6H,1-2H3. The first-order chi connectivity index (χ1) is 9.01. The molecular weight excluding hydrogens is 311 g/mol. The van der Waals surface area contributed by atoms with Crippen molar-refractivity contribution in [2.75, 3.05) is 0 Å². The summed E-state index contributed by atoms with van der Waals surface area (Å²) in [6.07, 6.45) is 0. The maximum absolute atomic E-state index is 13.6. The monoisotopic (exact) mass is 320 g/mol. The molecule has 0 fully saturated rings. The van der Waals surface area contributed by atoms with Gasteiger partial charge in [0.05, 0.1) is 0 Å². The summed E-state index contributed by atoms with van der Waals surface area (Å²) in [5.41, 5.74) is 1.77. The van der Waals surface area contributed by atoms with Crippen LogP contribution in [-0.4, -0.2) is 4.98 Å². The molecule has 0 unspecified atom stereocenters. The van der Waals surface area contributed by atoms with E-state index in [1.165, 1.54) is 12.1 Å². The fourth-order valence-electron chi connectivity index (χ4n) is 1.67.